The zero-order chi connectivity index (χ0) is 25.5. The van der Waals surface area contributed by atoms with Crippen LogP contribution in [0.25, 0.3) is 0 Å². The molecule has 0 saturated carbocycles. The minimum absolute atomic E-state index is 0.174. The lowest BCUT2D eigenvalue weighted by molar-refractivity contribution is 0.0957. The van der Waals surface area contributed by atoms with Gasteiger partial charge in [0.05, 0.1) is 19.5 Å². The molecular formula is C25H33ClFN5O2. The van der Waals surface area contributed by atoms with E-state index >= 15 is 0 Å². The molecule has 7 nitrogen and oxygen atoms in total. The second kappa shape index (κ2) is 15.5. The van der Waals surface area contributed by atoms with Crippen LogP contribution in [0.15, 0.2) is 77.2 Å². The summed E-state index contributed by atoms with van der Waals surface area (Å²) in [5.41, 5.74) is 8.76. The van der Waals surface area contributed by atoms with Crippen molar-refractivity contribution in [3.8, 4) is 5.75 Å². The van der Waals surface area contributed by atoms with E-state index in [4.69, 9.17) is 27.9 Å². The van der Waals surface area contributed by atoms with Crippen LogP contribution in [0, 0.1) is 0 Å². The highest BCUT2D eigenvalue weighted by Crippen LogP contribution is 2.12. The van der Waals surface area contributed by atoms with Crippen LogP contribution in [0.5, 0.6) is 5.75 Å². The molecule has 2 aromatic carbocycles. The van der Waals surface area contributed by atoms with E-state index in [0.717, 1.165) is 16.9 Å². The van der Waals surface area contributed by atoms with E-state index < -0.39 is 5.83 Å². The lowest BCUT2D eigenvalue weighted by Gasteiger charge is -2.14. The Kier molecular flexibility index (Phi) is 13.0. The fourth-order valence-corrected chi connectivity index (χ4v) is 2.72. The van der Waals surface area contributed by atoms with Gasteiger partial charge < -0.3 is 15.8 Å². The van der Waals surface area contributed by atoms with Gasteiger partial charge >= 0.3 is 0 Å². The van der Waals surface area contributed by atoms with E-state index in [-0.39, 0.29) is 24.2 Å². The van der Waals surface area contributed by atoms with Crippen LogP contribution < -0.4 is 21.6 Å². The van der Waals surface area contributed by atoms with Gasteiger partial charge in [0.2, 0.25) is 0 Å². The summed E-state index contributed by atoms with van der Waals surface area (Å²) in [6.07, 6.45) is 2.84. The Labute approximate surface area is 205 Å². The number of nitrogens with two attached hydrogens (primary N) is 2. The first-order valence-corrected chi connectivity index (χ1v) is 11.3. The summed E-state index contributed by atoms with van der Waals surface area (Å²) in [5, 5.41) is 8.19. The highest BCUT2D eigenvalue weighted by molar-refractivity contribution is 6.19. The predicted molar refractivity (Wildman–Crippen MR) is 137 cm³/mol. The first-order chi connectivity index (χ1) is 16.3. The molecule has 0 aliphatic carbocycles. The van der Waals surface area contributed by atoms with Gasteiger partial charge in [-0.3, -0.25) is 4.79 Å². The van der Waals surface area contributed by atoms with E-state index in [2.05, 4.69) is 10.4 Å². The summed E-state index contributed by atoms with van der Waals surface area (Å²) in [5.74, 6) is 5.96. The molecule has 0 radical (unpaired) electrons. The van der Waals surface area contributed by atoms with Gasteiger partial charge in [-0.2, -0.15) is 0 Å². The zero-order valence-corrected chi connectivity index (χ0v) is 20.8. The Morgan fingerprint density at radius 3 is 2.44 bits per heavy atom. The molecule has 0 spiro atoms. The molecule has 184 valence electrons. The number of ether oxygens (including phenoxy) is 1. The average molecular weight is 490 g/mol. The highest BCUT2D eigenvalue weighted by atomic mass is 35.5. The Balaban J connectivity index is 0.00000281. The smallest absolute Gasteiger partial charge is 0.251 e. The van der Waals surface area contributed by atoms with Gasteiger partial charge in [0.15, 0.2) is 5.84 Å². The molecule has 1 amide bonds. The van der Waals surface area contributed by atoms with Crippen molar-refractivity contribution in [3.05, 3.63) is 88.8 Å². The number of carbonyl (C=O) groups is 1. The second-order valence-corrected chi connectivity index (χ2v) is 7.22. The Hall–Kier alpha value is -3.36. The maximum absolute atomic E-state index is 13.1. The number of amidine groups is 1. The molecule has 0 unspecified atom stereocenters. The zero-order valence-electron chi connectivity index (χ0n) is 20.0. The van der Waals surface area contributed by atoms with Crippen LogP contribution in [-0.4, -0.2) is 36.4 Å². The quantitative estimate of drug-likeness (QED) is 0.114. The summed E-state index contributed by atoms with van der Waals surface area (Å²) in [6, 6.07) is 14.2. The van der Waals surface area contributed by atoms with E-state index in [1.165, 1.54) is 11.2 Å². The molecule has 0 heterocycles. The van der Waals surface area contributed by atoms with E-state index in [0.29, 0.717) is 17.7 Å². The van der Waals surface area contributed by atoms with Gasteiger partial charge in [-0.1, -0.05) is 49.8 Å². The standard InChI is InChI=1S/C23H27ClFN5O2.C2H6/c1-16(6-9-20(25)13-24)14-28-23(31)19-5-3-4-18(12-19)22(26)29-30(27)15-17-7-10-21(32-2)11-8-17;1-2/h3-12H,13-15,27H2,1-2H3,(H2,26,29)(H,28,31);1-2H3/b16-6+,20-9+;. The number of nitrogens with zero attached hydrogens (tertiary/aromatic N) is 2. The van der Waals surface area contributed by atoms with E-state index in [1.54, 1.807) is 44.4 Å². The molecule has 2 aromatic rings. The number of halogens is 2. The number of nitrogens with one attached hydrogen (secondary N) is 1. The fraction of sp³-hybridized carbons (Fsp3) is 0.280. The monoisotopic (exact) mass is 489 g/mol. The molecule has 0 saturated heterocycles. The van der Waals surface area contributed by atoms with Crippen LogP contribution in [0.2, 0.25) is 0 Å². The lowest BCUT2D eigenvalue weighted by Crippen LogP contribution is -2.29. The van der Waals surface area contributed by atoms with Crippen LogP contribution >= 0.6 is 11.6 Å². The van der Waals surface area contributed by atoms with Gasteiger partial charge in [-0.15, -0.1) is 16.7 Å². The van der Waals surface area contributed by atoms with Gasteiger partial charge in [-0.05, 0) is 42.8 Å². The number of hydrogen-bond acceptors (Lipinski definition) is 5. The van der Waals surface area contributed by atoms with Crippen molar-refractivity contribution in [1.82, 2.24) is 10.4 Å². The first-order valence-electron chi connectivity index (χ1n) is 10.8. The number of benzene rings is 2. The number of allylic oxidation sites excluding steroid dienone is 3. The number of methoxy groups -OCH3 is 1. The van der Waals surface area contributed by atoms with Crippen molar-refractivity contribution in [1.29, 1.82) is 0 Å². The molecular weight excluding hydrogens is 457 g/mol. The Morgan fingerprint density at radius 1 is 1.18 bits per heavy atom. The van der Waals surface area contributed by atoms with Crippen molar-refractivity contribution in [2.24, 2.45) is 16.7 Å². The summed E-state index contributed by atoms with van der Waals surface area (Å²) in [6.45, 7) is 6.38. The summed E-state index contributed by atoms with van der Waals surface area (Å²) in [4.78, 5) is 12.5. The SMILES string of the molecule is CC.COc1ccc(CN(N)/N=C(\N)c2cccc(C(=O)NC/C(C)=C/C=C(/F)CCl)c2)cc1. The van der Waals surface area contributed by atoms with Gasteiger partial charge in [0.1, 0.15) is 11.6 Å². The highest BCUT2D eigenvalue weighted by Gasteiger charge is 2.09. The van der Waals surface area contributed by atoms with E-state index in [9.17, 15) is 9.18 Å². The van der Waals surface area contributed by atoms with Crippen molar-refractivity contribution >= 4 is 23.3 Å². The molecule has 0 aliphatic heterocycles. The number of hydrazone groups is 1. The predicted octanol–water partition coefficient (Wildman–Crippen LogP) is 4.49. The second-order valence-electron chi connectivity index (χ2n) is 6.95. The third-order valence-corrected chi connectivity index (χ3v) is 4.62. The Bertz CT molecular complexity index is 1010. The van der Waals surface area contributed by atoms with E-state index in [1.807, 2.05) is 38.1 Å². The van der Waals surface area contributed by atoms with Crippen LogP contribution in [0.1, 0.15) is 42.3 Å². The van der Waals surface area contributed by atoms with Crippen molar-refractivity contribution in [3.63, 3.8) is 0 Å². The minimum Gasteiger partial charge on any atom is -0.497 e. The Morgan fingerprint density at radius 2 is 1.82 bits per heavy atom. The molecule has 2 rings (SSSR count). The van der Waals surface area contributed by atoms with Crippen molar-refractivity contribution < 1.29 is 13.9 Å². The number of hydrazine groups is 1. The number of amides is 1. The molecule has 34 heavy (non-hydrogen) atoms. The lowest BCUT2D eigenvalue weighted by atomic mass is 10.1. The molecule has 0 aromatic heterocycles. The van der Waals surface area contributed by atoms with Crippen LogP contribution in [-0.2, 0) is 6.54 Å². The third kappa shape index (κ3) is 10.1. The normalized spacial score (nSPS) is 11.9. The number of rotatable bonds is 10. The largest absolute Gasteiger partial charge is 0.497 e. The molecule has 9 heteroatoms. The number of carbonyl (C=O) groups excluding carboxylic acids is 1. The average Bonchev–Trinajstić information content (AvgIpc) is 2.87. The minimum atomic E-state index is -0.444. The molecule has 0 atom stereocenters. The summed E-state index contributed by atoms with van der Waals surface area (Å²) in [7, 11) is 1.60. The van der Waals surface area contributed by atoms with Gasteiger partial charge in [-0.25, -0.2) is 15.4 Å². The van der Waals surface area contributed by atoms with Crippen LogP contribution in [0.4, 0.5) is 4.39 Å². The maximum atomic E-state index is 13.1. The molecule has 0 aliphatic rings. The molecule has 0 fully saturated rings. The molecule has 0 bridgehead atoms. The maximum Gasteiger partial charge on any atom is 0.251 e. The van der Waals surface area contributed by atoms with Crippen molar-refractivity contribution in [2.45, 2.75) is 27.3 Å². The first kappa shape index (κ1) is 28.7. The van der Waals surface area contributed by atoms with Crippen LogP contribution in [0.3, 0.4) is 0 Å². The number of hydrogen-bond donors (Lipinski definition) is 3. The summed E-state index contributed by atoms with van der Waals surface area (Å²) >= 11 is 5.39. The summed E-state index contributed by atoms with van der Waals surface area (Å²) < 4.78 is 18.2. The van der Waals surface area contributed by atoms with Gasteiger partial charge in [0, 0.05) is 17.7 Å². The third-order valence-electron chi connectivity index (χ3n) is 4.36. The topological polar surface area (TPSA) is 106 Å². The fourth-order valence-electron chi connectivity index (χ4n) is 2.63. The molecule has 5 N–H and O–H groups in total. The van der Waals surface area contributed by atoms with Gasteiger partial charge in [0.25, 0.3) is 5.91 Å². The van der Waals surface area contributed by atoms with Crippen molar-refractivity contribution in [2.75, 3.05) is 19.5 Å². The number of alkyl halides is 1.